The van der Waals surface area contributed by atoms with Gasteiger partial charge in [-0.2, -0.15) is 0 Å². The standard InChI is InChI=1S/C14H25N3O4/c1-10(2)12(13(18)19)15-14(20)17-4-3-11(9-17)16-5-7-21-8-6-16/h10-12H,3-9H2,1-2H3,(H,15,20)(H,18,19). The van der Waals surface area contributed by atoms with Crippen molar-refractivity contribution in [2.75, 3.05) is 39.4 Å². The van der Waals surface area contributed by atoms with Crippen molar-refractivity contribution in [3.63, 3.8) is 0 Å². The first kappa shape index (κ1) is 16.0. The number of carbonyl (C=O) groups excluding carboxylic acids is 1. The fourth-order valence-corrected chi connectivity index (χ4v) is 2.90. The van der Waals surface area contributed by atoms with Crippen molar-refractivity contribution in [2.24, 2.45) is 5.92 Å². The van der Waals surface area contributed by atoms with E-state index >= 15 is 0 Å². The van der Waals surface area contributed by atoms with Gasteiger partial charge >= 0.3 is 12.0 Å². The van der Waals surface area contributed by atoms with Crippen molar-refractivity contribution in [1.82, 2.24) is 15.1 Å². The van der Waals surface area contributed by atoms with Crippen molar-refractivity contribution in [3.05, 3.63) is 0 Å². The van der Waals surface area contributed by atoms with E-state index in [4.69, 9.17) is 9.84 Å². The van der Waals surface area contributed by atoms with Gasteiger partial charge in [0.25, 0.3) is 0 Å². The van der Waals surface area contributed by atoms with Crippen molar-refractivity contribution in [2.45, 2.75) is 32.4 Å². The first-order valence-electron chi connectivity index (χ1n) is 7.59. The lowest BCUT2D eigenvalue weighted by Crippen LogP contribution is -2.51. The van der Waals surface area contributed by atoms with Gasteiger partial charge < -0.3 is 20.1 Å². The number of ether oxygens (including phenoxy) is 1. The second-order valence-electron chi connectivity index (χ2n) is 6.05. The number of nitrogens with zero attached hydrogens (tertiary/aromatic N) is 2. The normalized spacial score (nSPS) is 25.1. The van der Waals surface area contributed by atoms with Crippen molar-refractivity contribution < 1.29 is 19.4 Å². The second-order valence-corrected chi connectivity index (χ2v) is 6.05. The average Bonchev–Trinajstić information content (AvgIpc) is 2.94. The Bertz CT molecular complexity index is 382. The molecule has 21 heavy (non-hydrogen) atoms. The number of aliphatic carboxylic acids is 1. The molecule has 0 aromatic heterocycles. The average molecular weight is 299 g/mol. The Morgan fingerprint density at radius 2 is 1.90 bits per heavy atom. The Hall–Kier alpha value is -1.34. The van der Waals surface area contributed by atoms with E-state index in [-0.39, 0.29) is 11.9 Å². The van der Waals surface area contributed by atoms with Gasteiger partial charge in [0.1, 0.15) is 6.04 Å². The highest BCUT2D eigenvalue weighted by molar-refractivity contribution is 5.82. The van der Waals surface area contributed by atoms with Gasteiger partial charge in [-0.15, -0.1) is 0 Å². The largest absolute Gasteiger partial charge is 0.480 e. The molecule has 0 aliphatic carbocycles. The van der Waals surface area contributed by atoms with E-state index in [9.17, 15) is 9.59 Å². The molecule has 2 aliphatic rings. The smallest absolute Gasteiger partial charge is 0.326 e. The lowest BCUT2D eigenvalue weighted by Gasteiger charge is -2.32. The lowest BCUT2D eigenvalue weighted by molar-refractivity contribution is -0.140. The number of nitrogens with one attached hydrogen (secondary N) is 1. The molecule has 0 spiro atoms. The molecule has 0 saturated carbocycles. The number of urea groups is 1. The molecule has 0 aromatic rings. The molecule has 7 nitrogen and oxygen atoms in total. The maximum absolute atomic E-state index is 12.2. The molecule has 120 valence electrons. The van der Waals surface area contributed by atoms with Gasteiger partial charge in [-0.3, -0.25) is 4.90 Å². The summed E-state index contributed by atoms with van der Waals surface area (Å²) in [5.74, 6) is -1.12. The summed E-state index contributed by atoms with van der Waals surface area (Å²) in [6.45, 7) is 8.23. The molecule has 2 rings (SSSR count). The molecule has 0 bridgehead atoms. The summed E-state index contributed by atoms with van der Waals surface area (Å²) >= 11 is 0. The van der Waals surface area contributed by atoms with Gasteiger partial charge in [-0.05, 0) is 12.3 Å². The van der Waals surface area contributed by atoms with Gasteiger partial charge in [0.15, 0.2) is 0 Å². The zero-order chi connectivity index (χ0) is 15.4. The molecular weight excluding hydrogens is 274 g/mol. The van der Waals surface area contributed by atoms with Gasteiger partial charge in [-0.25, -0.2) is 9.59 Å². The van der Waals surface area contributed by atoms with Gasteiger partial charge in [-0.1, -0.05) is 13.8 Å². The van der Waals surface area contributed by atoms with Crippen LogP contribution in [0.4, 0.5) is 4.79 Å². The fraction of sp³-hybridized carbons (Fsp3) is 0.857. The third-order valence-electron chi connectivity index (χ3n) is 4.22. The van der Waals surface area contributed by atoms with Crippen molar-refractivity contribution >= 4 is 12.0 Å². The molecule has 2 amide bonds. The van der Waals surface area contributed by atoms with Crippen LogP contribution in [0.1, 0.15) is 20.3 Å². The van der Waals surface area contributed by atoms with Crippen LogP contribution in [-0.4, -0.2) is 78.4 Å². The number of carboxylic acids is 1. The van der Waals surface area contributed by atoms with E-state index in [1.54, 1.807) is 18.7 Å². The zero-order valence-corrected chi connectivity index (χ0v) is 12.7. The Balaban J connectivity index is 1.85. The van der Waals surface area contributed by atoms with Gasteiger partial charge in [0.2, 0.25) is 0 Å². The summed E-state index contributed by atoms with van der Waals surface area (Å²) in [5.41, 5.74) is 0. The lowest BCUT2D eigenvalue weighted by atomic mass is 10.1. The quantitative estimate of drug-likeness (QED) is 0.775. The van der Waals surface area contributed by atoms with Crippen molar-refractivity contribution in [3.8, 4) is 0 Å². The van der Waals surface area contributed by atoms with Gasteiger partial charge in [0.05, 0.1) is 13.2 Å². The predicted molar refractivity (Wildman–Crippen MR) is 77.2 cm³/mol. The Kier molecular flexibility index (Phi) is 5.41. The monoisotopic (exact) mass is 299 g/mol. The molecule has 0 radical (unpaired) electrons. The van der Waals surface area contributed by atoms with Crippen molar-refractivity contribution in [1.29, 1.82) is 0 Å². The number of carbonyl (C=O) groups is 2. The number of likely N-dealkylation sites (tertiary alicyclic amines) is 1. The summed E-state index contributed by atoms with van der Waals surface area (Å²) in [7, 11) is 0. The van der Waals surface area contributed by atoms with E-state index in [0.717, 1.165) is 32.7 Å². The van der Waals surface area contributed by atoms with Crippen LogP contribution < -0.4 is 5.32 Å². The number of hydrogen-bond donors (Lipinski definition) is 2. The first-order chi connectivity index (χ1) is 9.99. The summed E-state index contributed by atoms with van der Waals surface area (Å²) in [5, 5.41) is 11.8. The number of morpholine rings is 1. The molecule has 0 aromatic carbocycles. The van der Waals surface area contributed by atoms with Crippen LogP contribution in [0, 0.1) is 5.92 Å². The molecule has 7 heteroatoms. The zero-order valence-electron chi connectivity index (χ0n) is 12.7. The van der Waals surface area contributed by atoms with Crippen LogP contribution in [0.2, 0.25) is 0 Å². The summed E-state index contributed by atoms with van der Waals surface area (Å²) in [6, 6.07) is -0.742. The predicted octanol–water partition coefficient (Wildman–Crippen LogP) is 0.212. The molecule has 2 fully saturated rings. The third kappa shape index (κ3) is 4.07. The molecular formula is C14H25N3O4. The second kappa shape index (κ2) is 7.09. The summed E-state index contributed by atoms with van der Waals surface area (Å²) < 4.78 is 5.34. The topological polar surface area (TPSA) is 82.1 Å². The van der Waals surface area contributed by atoms with Crippen LogP contribution in [0.3, 0.4) is 0 Å². The highest BCUT2D eigenvalue weighted by Gasteiger charge is 2.33. The van der Waals surface area contributed by atoms with E-state index in [0.29, 0.717) is 19.1 Å². The van der Waals surface area contributed by atoms with Crippen LogP contribution in [0.25, 0.3) is 0 Å². The fourth-order valence-electron chi connectivity index (χ4n) is 2.90. The maximum atomic E-state index is 12.2. The van der Waals surface area contributed by atoms with Crippen LogP contribution >= 0.6 is 0 Å². The minimum Gasteiger partial charge on any atom is -0.480 e. The summed E-state index contributed by atoms with van der Waals surface area (Å²) in [4.78, 5) is 27.4. The number of rotatable bonds is 4. The minimum atomic E-state index is -0.984. The number of carboxylic acid groups (broad SMARTS) is 1. The first-order valence-corrected chi connectivity index (χ1v) is 7.59. The Morgan fingerprint density at radius 3 is 2.48 bits per heavy atom. The molecule has 2 N–H and O–H groups in total. The number of hydrogen-bond acceptors (Lipinski definition) is 4. The van der Waals surface area contributed by atoms with E-state index in [1.165, 1.54) is 0 Å². The highest BCUT2D eigenvalue weighted by atomic mass is 16.5. The molecule has 2 saturated heterocycles. The SMILES string of the molecule is CC(C)C(NC(=O)N1CCC(N2CCOCC2)C1)C(=O)O. The van der Waals surface area contributed by atoms with E-state index in [1.807, 2.05) is 0 Å². The minimum absolute atomic E-state index is 0.135. The van der Waals surface area contributed by atoms with Crippen LogP contribution in [0.5, 0.6) is 0 Å². The number of amides is 2. The Morgan fingerprint density at radius 1 is 1.24 bits per heavy atom. The molecule has 2 atom stereocenters. The van der Waals surface area contributed by atoms with E-state index < -0.39 is 12.0 Å². The maximum Gasteiger partial charge on any atom is 0.326 e. The van der Waals surface area contributed by atoms with Crippen LogP contribution in [-0.2, 0) is 9.53 Å². The molecule has 2 heterocycles. The van der Waals surface area contributed by atoms with Crippen LogP contribution in [0.15, 0.2) is 0 Å². The molecule has 2 aliphatic heterocycles. The Labute approximate surface area is 125 Å². The third-order valence-corrected chi connectivity index (χ3v) is 4.22. The van der Waals surface area contributed by atoms with E-state index in [2.05, 4.69) is 10.2 Å². The molecule has 2 unspecified atom stereocenters. The van der Waals surface area contributed by atoms with Gasteiger partial charge in [0, 0.05) is 32.2 Å². The summed E-state index contributed by atoms with van der Waals surface area (Å²) in [6.07, 6.45) is 0.937. The highest BCUT2D eigenvalue weighted by Crippen LogP contribution is 2.17.